The van der Waals surface area contributed by atoms with E-state index < -0.39 is 20.7 Å². The predicted molar refractivity (Wildman–Crippen MR) is 78.1 cm³/mol. The van der Waals surface area contributed by atoms with Crippen LogP contribution in [0.25, 0.3) is 0 Å². The first kappa shape index (κ1) is 14.9. The number of nitrogen functional groups attached to an aromatic ring is 1. The second-order valence-corrected chi connectivity index (χ2v) is 6.36. The fourth-order valence-electron chi connectivity index (χ4n) is 1.52. The minimum absolute atomic E-state index is 0.00735. The molecular weight excluding hydrogens is 326 g/mol. The first-order valence-corrected chi connectivity index (χ1v) is 7.57. The Morgan fingerprint density at radius 2 is 1.70 bits per heavy atom. The Labute approximate surface area is 125 Å². The van der Waals surface area contributed by atoms with Crippen LogP contribution in [0.4, 0.5) is 15.8 Å². The van der Waals surface area contributed by atoms with Crippen LogP contribution in [0.5, 0.6) is 0 Å². The van der Waals surface area contributed by atoms with Gasteiger partial charge in [0.1, 0.15) is 10.7 Å². The zero-order chi connectivity index (χ0) is 14.9. The van der Waals surface area contributed by atoms with Crippen LogP contribution in [-0.2, 0) is 10.0 Å². The molecule has 2 aromatic carbocycles. The molecule has 0 atom stereocenters. The molecule has 0 aromatic heterocycles. The quantitative estimate of drug-likeness (QED) is 0.843. The van der Waals surface area contributed by atoms with E-state index in [0.29, 0.717) is 0 Å². The van der Waals surface area contributed by atoms with Crippen molar-refractivity contribution in [3.05, 3.63) is 52.3 Å². The summed E-state index contributed by atoms with van der Waals surface area (Å²) in [5.41, 5.74) is 5.49. The summed E-state index contributed by atoms with van der Waals surface area (Å²) in [6.45, 7) is 0. The number of nitrogens with one attached hydrogen (secondary N) is 1. The van der Waals surface area contributed by atoms with E-state index in [1.165, 1.54) is 18.2 Å². The summed E-state index contributed by atoms with van der Waals surface area (Å²) in [7, 11) is -4.16. The molecule has 8 heteroatoms. The van der Waals surface area contributed by atoms with E-state index in [2.05, 4.69) is 4.72 Å². The Morgan fingerprint density at radius 3 is 2.25 bits per heavy atom. The molecule has 0 fully saturated rings. The van der Waals surface area contributed by atoms with E-state index in [1.807, 2.05) is 0 Å². The van der Waals surface area contributed by atoms with Crippen molar-refractivity contribution in [2.75, 3.05) is 10.5 Å². The van der Waals surface area contributed by atoms with Crippen molar-refractivity contribution in [3.63, 3.8) is 0 Å². The van der Waals surface area contributed by atoms with Gasteiger partial charge in [0.25, 0.3) is 10.0 Å². The summed E-state index contributed by atoms with van der Waals surface area (Å²) >= 11 is 11.7. The molecule has 3 N–H and O–H groups in total. The zero-order valence-corrected chi connectivity index (χ0v) is 12.2. The van der Waals surface area contributed by atoms with Crippen LogP contribution in [0.3, 0.4) is 0 Å². The Hall–Kier alpha value is -1.50. The molecule has 0 saturated carbocycles. The molecule has 0 saturated heterocycles. The van der Waals surface area contributed by atoms with Gasteiger partial charge in [-0.25, -0.2) is 12.8 Å². The number of sulfonamides is 1. The summed E-state index contributed by atoms with van der Waals surface area (Å²) in [4.78, 5) is -0.539. The van der Waals surface area contributed by atoms with Gasteiger partial charge in [-0.05, 0) is 30.3 Å². The number of benzene rings is 2. The number of halogens is 3. The average Bonchev–Trinajstić information content (AvgIpc) is 2.33. The molecule has 106 valence electrons. The van der Waals surface area contributed by atoms with Gasteiger partial charge in [0.15, 0.2) is 0 Å². The average molecular weight is 335 g/mol. The number of anilines is 2. The van der Waals surface area contributed by atoms with E-state index >= 15 is 0 Å². The highest BCUT2D eigenvalue weighted by Crippen LogP contribution is 2.32. The van der Waals surface area contributed by atoms with E-state index in [9.17, 15) is 12.8 Å². The summed E-state index contributed by atoms with van der Waals surface area (Å²) in [6.07, 6.45) is 0. The van der Waals surface area contributed by atoms with E-state index in [4.69, 9.17) is 28.9 Å². The SMILES string of the molecule is Nc1ccc(S(=O)(=O)Nc2c(Cl)cccc2Cl)c(F)c1. The van der Waals surface area contributed by atoms with E-state index in [-0.39, 0.29) is 21.4 Å². The Morgan fingerprint density at radius 1 is 1.10 bits per heavy atom. The fraction of sp³-hybridized carbons (Fsp3) is 0. The second kappa shape index (κ2) is 5.47. The largest absolute Gasteiger partial charge is 0.399 e. The maximum Gasteiger partial charge on any atom is 0.264 e. The van der Waals surface area contributed by atoms with Crippen LogP contribution < -0.4 is 10.5 Å². The van der Waals surface area contributed by atoms with Crippen molar-refractivity contribution in [2.45, 2.75) is 4.90 Å². The molecule has 0 bridgehead atoms. The molecule has 0 radical (unpaired) electrons. The van der Waals surface area contributed by atoms with Crippen LogP contribution in [0, 0.1) is 5.82 Å². The molecule has 20 heavy (non-hydrogen) atoms. The Kier molecular flexibility index (Phi) is 4.08. The number of hydrogen-bond acceptors (Lipinski definition) is 3. The second-order valence-electron chi connectivity index (χ2n) is 3.89. The molecule has 0 amide bonds. The van der Waals surface area contributed by atoms with Gasteiger partial charge in [0.2, 0.25) is 0 Å². The minimum atomic E-state index is -4.16. The molecule has 2 rings (SSSR count). The third kappa shape index (κ3) is 2.98. The number of nitrogens with two attached hydrogens (primary N) is 1. The zero-order valence-electron chi connectivity index (χ0n) is 9.90. The number of para-hydroxylation sites is 1. The minimum Gasteiger partial charge on any atom is -0.399 e. The van der Waals surface area contributed by atoms with Crippen LogP contribution in [0.2, 0.25) is 10.0 Å². The molecule has 0 aliphatic rings. The Balaban J connectivity index is 2.46. The lowest BCUT2D eigenvalue weighted by atomic mass is 10.3. The predicted octanol–water partition coefficient (Wildman–Crippen LogP) is 3.52. The molecule has 0 aliphatic heterocycles. The maximum absolute atomic E-state index is 13.7. The fourth-order valence-corrected chi connectivity index (χ4v) is 3.29. The lowest BCUT2D eigenvalue weighted by molar-refractivity contribution is 0.571. The van der Waals surface area contributed by atoms with E-state index in [1.54, 1.807) is 6.07 Å². The molecule has 0 aliphatic carbocycles. The molecule has 0 unspecified atom stereocenters. The van der Waals surface area contributed by atoms with Crippen LogP contribution in [-0.4, -0.2) is 8.42 Å². The van der Waals surface area contributed by atoms with Gasteiger partial charge in [-0.3, -0.25) is 4.72 Å². The third-order valence-corrected chi connectivity index (χ3v) is 4.46. The summed E-state index contributed by atoms with van der Waals surface area (Å²) < 4.78 is 40.1. The van der Waals surface area contributed by atoms with Gasteiger partial charge in [0, 0.05) is 5.69 Å². The van der Waals surface area contributed by atoms with Gasteiger partial charge in [-0.2, -0.15) is 0 Å². The monoisotopic (exact) mass is 334 g/mol. The van der Waals surface area contributed by atoms with Crippen LogP contribution >= 0.6 is 23.2 Å². The van der Waals surface area contributed by atoms with Crippen molar-refractivity contribution in [3.8, 4) is 0 Å². The smallest absolute Gasteiger partial charge is 0.264 e. The number of hydrogen-bond donors (Lipinski definition) is 2. The van der Waals surface area contributed by atoms with Crippen molar-refractivity contribution >= 4 is 44.6 Å². The first-order chi connectivity index (χ1) is 9.31. The van der Waals surface area contributed by atoms with Gasteiger partial charge >= 0.3 is 0 Å². The lowest BCUT2D eigenvalue weighted by Crippen LogP contribution is -2.15. The highest BCUT2D eigenvalue weighted by molar-refractivity contribution is 7.92. The highest BCUT2D eigenvalue weighted by Gasteiger charge is 2.21. The summed E-state index contributed by atoms with van der Waals surface area (Å²) in [6, 6.07) is 7.76. The molecule has 2 aromatic rings. The number of rotatable bonds is 3. The van der Waals surface area contributed by atoms with Crippen LogP contribution in [0.15, 0.2) is 41.3 Å². The lowest BCUT2D eigenvalue weighted by Gasteiger charge is -2.11. The van der Waals surface area contributed by atoms with Gasteiger partial charge in [-0.1, -0.05) is 29.3 Å². The topological polar surface area (TPSA) is 72.2 Å². The third-order valence-electron chi connectivity index (χ3n) is 2.44. The van der Waals surface area contributed by atoms with E-state index in [0.717, 1.165) is 12.1 Å². The molecule has 4 nitrogen and oxygen atoms in total. The van der Waals surface area contributed by atoms with Crippen LogP contribution in [0.1, 0.15) is 0 Å². The molecule has 0 spiro atoms. The van der Waals surface area contributed by atoms with Crippen molar-refractivity contribution in [1.82, 2.24) is 0 Å². The molecule has 0 heterocycles. The maximum atomic E-state index is 13.7. The van der Waals surface area contributed by atoms with Crippen molar-refractivity contribution in [2.24, 2.45) is 0 Å². The van der Waals surface area contributed by atoms with Gasteiger partial charge < -0.3 is 5.73 Å². The van der Waals surface area contributed by atoms with Gasteiger partial charge in [-0.15, -0.1) is 0 Å². The highest BCUT2D eigenvalue weighted by atomic mass is 35.5. The summed E-state index contributed by atoms with van der Waals surface area (Å²) in [5, 5.41) is 0.217. The van der Waals surface area contributed by atoms with Crippen molar-refractivity contribution in [1.29, 1.82) is 0 Å². The first-order valence-electron chi connectivity index (χ1n) is 5.33. The van der Waals surface area contributed by atoms with Crippen molar-refractivity contribution < 1.29 is 12.8 Å². The Bertz CT molecular complexity index is 746. The standard InChI is InChI=1S/C12H9Cl2FN2O2S/c13-8-2-1-3-9(14)12(8)17-20(18,19)11-5-4-7(16)6-10(11)15/h1-6,17H,16H2. The summed E-state index contributed by atoms with van der Waals surface area (Å²) in [5.74, 6) is -0.958. The van der Waals surface area contributed by atoms with Gasteiger partial charge in [0.05, 0.1) is 15.7 Å². The normalized spacial score (nSPS) is 11.3. The molecular formula is C12H9Cl2FN2O2S.